The van der Waals surface area contributed by atoms with Crippen LogP contribution in [0.4, 0.5) is 0 Å². The molecule has 2 heteroatoms. The highest BCUT2D eigenvalue weighted by molar-refractivity contribution is 5.98. The third-order valence-corrected chi connectivity index (χ3v) is 4.75. The van der Waals surface area contributed by atoms with Crippen LogP contribution in [0, 0.1) is 6.92 Å². The molecule has 0 bridgehead atoms. The maximum Gasteiger partial charge on any atom is 0.109 e. The van der Waals surface area contributed by atoms with Crippen LogP contribution in [0.2, 0.25) is 0 Å². The average molecular weight is 266 g/mol. The van der Waals surface area contributed by atoms with Crippen molar-refractivity contribution in [3.63, 3.8) is 0 Å². The lowest BCUT2D eigenvalue weighted by molar-refractivity contribution is 0.0471. The Morgan fingerprint density at radius 2 is 2.00 bits per heavy atom. The monoisotopic (exact) mass is 266 g/mol. The summed E-state index contributed by atoms with van der Waals surface area (Å²) in [6, 6.07) is 6.41. The van der Waals surface area contributed by atoms with E-state index in [9.17, 15) is 10.2 Å². The zero-order chi connectivity index (χ0) is 13.9. The molecule has 2 aliphatic carbocycles. The average Bonchev–Trinajstić information content (AvgIpc) is 2.90. The summed E-state index contributed by atoms with van der Waals surface area (Å²) in [6.07, 6.45) is 5.62. The molecule has 0 radical (unpaired) electrons. The van der Waals surface area contributed by atoms with Gasteiger partial charge in [0.15, 0.2) is 0 Å². The number of fused-ring (bicyclic) bond motifs is 5. The van der Waals surface area contributed by atoms with Crippen LogP contribution in [0.1, 0.15) is 40.3 Å². The number of aliphatic hydroxyl groups excluding tert-OH is 2. The van der Waals surface area contributed by atoms with Gasteiger partial charge in [-0.3, -0.25) is 0 Å². The predicted octanol–water partition coefficient (Wildman–Crippen LogP) is 3.06. The van der Waals surface area contributed by atoms with Gasteiger partial charge in [-0.05, 0) is 64.8 Å². The molecule has 2 N–H and O–H groups in total. The first kappa shape index (κ1) is 12.1. The summed E-state index contributed by atoms with van der Waals surface area (Å²) >= 11 is 0. The molecule has 2 aliphatic rings. The quantitative estimate of drug-likeness (QED) is 0.769. The van der Waals surface area contributed by atoms with Gasteiger partial charge in [0.05, 0.1) is 0 Å². The molecule has 0 unspecified atom stereocenters. The van der Waals surface area contributed by atoms with E-state index in [4.69, 9.17) is 0 Å². The van der Waals surface area contributed by atoms with E-state index >= 15 is 0 Å². The van der Waals surface area contributed by atoms with Gasteiger partial charge in [0.1, 0.15) is 12.2 Å². The van der Waals surface area contributed by atoms with Crippen molar-refractivity contribution in [1.29, 1.82) is 0 Å². The number of aryl methyl sites for hydroxylation is 3. The molecular formula is C18H18O2. The predicted molar refractivity (Wildman–Crippen MR) is 80.7 cm³/mol. The molecule has 0 fully saturated rings. The zero-order valence-corrected chi connectivity index (χ0v) is 11.6. The fraction of sp³-hybridized carbons (Fsp3) is 0.333. The summed E-state index contributed by atoms with van der Waals surface area (Å²) in [4.78, 5) is 0. The minimum absolute atomic E-state index is 0.797. The standard InChI is InChI=1S/C18H18O2/c1-10-9-11-3-2-4-12(11)13-5-6-15-14(17(10)13)7-8-16(19)18(15)20/h5-9,16,18-20H,2-4H2,1H3/t16-,18-/m1/s1. The highest BCUT2D eigenvalue weighted by Gasteiger charge is 2.25. The van der Waals surface area contributed by atoms with Crippen LogP contribution in [-0.2, 0) is 12.8 Å². The summed E-state index contributed by atoms with van der Waals surface area (Å²) in [5.74, 6) is 0. The van der Waals surface area contributed by atoms with Crippen LogP contribution in [-0.4, -0.2) is 16.3 Å². The number of aliphatic hydroxyl groups is 2. The van der Waals surface area contributed by atoms with Crippen molar-refractivity contribution < 1.29 is 10.2 Å². The van der Waals surface area contributed by atoms with Crippen molar-refractivity contribution in [2.75, 3.05) is 0 Å². The molecule has 102 valence electrons. The molecule has 0 saturated heterocycles. The van der Waals surface area contributed by atoms with Gasteiger partial charge in [-0.2, -0.15) is 0 Å². The molecule has 0 aliphatic heterocycles. The number of hydrogen-bond donors (Lipinski definition) is 2. The Hall–Kier alpha value is -1.64. The molecule has 0 aromatic heterocycles. The van der Waals surface area contributed by atoms with Crippen LogP contribution in [0.3, 0.4) is 0 Å². The molecule has 4 rings (SSSR count). The van der Waals surface area contributed by atoms with Crippen molar-refractivity contribution in [2.24, 2.45) is 0 Å². The highest BCUT2D eigenvalue weighted by Crippen LogP contribution is 2.39. The van der Waals surface area contributed by atoms with E-state index < -0.39 is 12.2 Å². The Kier molecular flexibility index (Phi) is 2.53. The molecule has 2 aromatic carbocycles. The zero-order valence-electron chi connectivity index (χ0n) is 11.6. The maximum absolute atomic E-state index is 10.2. The SMILES string of the molecule is Cc1cc2c(c3ccc4c(c13)C=C[C@@H](O)[C@@H]4O)CCC2. The molecular weight excluding hydrogens is 248 g/mol. The summed E-state index contributed by atoms with van der Waals surface area (Å²) < 4.78 is 0. The lowest BCUT2D eigenvalue weighted by Gasteiger charge is -2.24. The van der Waals surface area contributed by atoms with Crippen LogP contribution < -0.4 is 0 Å². The van der Waals surface area contributed by atoms with Crippen LogP contribution in [0.5, 0.6) is 0 Å². The molecule has 0 amide bonds. The van der Waals surface area contributed by atoms with Gasteiger partial charge < -0.3 is 10.2 Å². The Balaban J connectivity index is 2.10. The number of hydrogen-bond acceptors (Lipinski definition) is 2. The molecule has 20 heavy (non-hydrogen) atoms. The van der Waals surface area contributed by atoms with Crippen LogP contribution in [0.25, 0.3) is 16.8 Å². The first-order valence-electron chi connectivity index (χ1n) is 7.29. The molecule has 2 aromatic rings. The number of benzene rings is 2. The second kappa shape index (κ2) is 4.18. The summed E-state index contributed by atoms with van der Waals surface area (Å²) in [6.45, 7) is 2.15. The summed E-state index contributed by atoms with van der Waals surface area (Å²) in [5.41, 5.74) is 6.14. The minimum Gasteiger partial charge on any atom is -0.386 e. The van der Waals surface area contributed by atoms with E-state index in [0.717, 1.165) is 17.5 Å². The lowest BCUT2D eigenvalue weighted by atomic mass is 9.85. The summed E-state index contributed by atoms with van der Waals surface area (Å²) in [7, 11) is 0. The molecule has 0 spiro atoms. The van der Waals surface area contributed by atoms with Gasteiger partial charge in [-0.1, -0.05) is 30.4 Å². The van der Waals surface area contributed by atoms with E-state index in [1.807, 2.05) is 12.1 Å². The second-order valence-corrected chi connectivity index (χ2v) is 5.97. The van der Waals surface area contributed by atoms with Gasteiger partial charge >= 0.3 is 0 Å². The number of rotatable bonds is 0. The molecule has 2 nitrogen and oxygen atoms in total. The van der Waals surface area contributed by atoms with Gasteiger partial charge in [0.2, 0.25) is 0 Å². The van der Waals surface area contributed by atoms with Gasteiger partial charge in [0, 0.05) is 0 Å². The van der Waals surface area contributed by atoms with Gasteiger partial charge in [-0.15, -0.1) is 0 Å². The molecule has 2 atom stereocenters. The van der Waals surface area contributed by atoms with E-state index in [1.54, 1.807) is 6.08 Å². The van der Waals surface area contributed by atoms with Crippen LogP contribution >= 0.6 is 0 Å². The third-order valence-electron chi connectivity index (χ3n) is 4.75. The fourth-order valence-electron chi connectivity index (χ4n) is 3.80. The smallest absolute Gasteiger partial charge is 0.109 e. The van der Waals surface area contributed by atoms with Crippen molar-refractivity contribution in [3.05, 3.63) is 52.1 Å². The Bertz CT molecular complexity index is 743. The topological polar surface area (TPSA) is 40.5 Å². The van der Waals surface area contributed by atoms with Gasteiger partial charge in [0.25, 0.3) is 0 Å². The highest BCUT2D eigenvalue weighted by atomic mass is 16.3. The minimum atomic E-state index is -0.813. The Labute approximate surface area is 118 Å². The van der Waals surface area contributed by atoms with Crippen molar-refractivity contribution in [1.82, 2.24) is 0 Å². The third kappa shape index (κ3) is 1.52. The van der Waals surface area contributed by atoms with E-state index in [0.29, 0.717) is 0 Å². The Morgan fingerprint density at radius 1 is 1.15 bits per heavy atom. The summed E-state index contributed by atoms with van der Waals surface area (Å²) in [5, 5.41) is 22.5. The molecule has 0 heterocycles. The largest absolute Gasteiger partial charge is 0.386 e. The van der Waals surface area contributed by atoms with E-state index in [-0.39, 0.29) is 0 Å². The Morgan fingerprint density at radius 3 is 2.85 bits per heavy atom. The lowest BCUT2D eigenvalue weighted by Crippen LogP contribution is -2.19. The first-order valence-corrected chi connectivity index (χ1v) is 7.29. The molecule has 0 saturated carbocycles. The maximum atomic E-state index is 10.2. The van der Waals surface area contributed by atoms with Gasteiger partial charge in [-0.25, -0.2) is 0 Å². The van der Waals surface area contributed by atoms with Crippen molar-refractivity contribution >= 4 is 16.8 Å². The van der Waals surface area contributed by atoms with Crippen LogP contribution in [0.15, 0.2) is 24.3 Å². The van der Waals surface area contributed by atoms with E-state index in [2.05, 4.69) is 19.1 Å². The second-order valence-electron chi connectivity index (χ2n) is 5.97. The van der Waals surface area contributed by atoms with E-state index in [1.165, 1.54) is 40.3 Å². The normalized spacial score (nSPS) is 23.9. The van der Waals surface area contributed by atoms with Crippen molar-refractivity contribution in [2.45, 2.75) is 38.4 Å². The first-order chi connectivity index (χ1) is 9.66. The van der Waals surface area contributed by atoms with Crippen molar-refractivity contribution in [3.8, 4) is 0 Å². The fourth-order valence-corrected chi connectivity index (χ4v) is 3.80.